The van der Waals surface area contributed by atoms with Gasteiger partial charge in [0.05, 0.1) is 24.0 Å². The van der Waals surface area contributed by atoms with Gasteiger partial charge in [0.2, 0.25) is 10.0 Å². The molecule has 1 unspecified atom stereocenters. The predicted molar refractivity (Wildman–Crippen MR) is 120 cm³/mol. The maximum Gasteiger partial charge on any atom is 0.240 e. The first-order chi connectivity index (χ1) is 15.6. The zero-order valence-electron chi connectivity index (χ0n) is 18.1. The van der Waals surface area contributed by atoms with E-state index < -0.39 is 37.5 Å². The predicted octanol–water partition coefficient (Wildman–Crippen LogP) is 3.04. The Morgan fingerprint density at radius 3 is 2.27 bits per heavy atom. The standard InChI is InChI=1S/C22H23FN2O6S2/c1-15-11-17(6-8-19(15)23)32(26,27)22(16-5-4-10-24-13-16)14-25-33(28,29)18-7-9-20(30-2)21(12-18)31-3/h4-13,22,25H,14H2,1-3H3. The lowest BCUT2D eigenvalue weighted by Crippen LogP contribution is -2.32. The zero-order valence-corrected chi connectivity index (χ0v) is 19.8. The highest BCUT2D eigenvalue weighted by atomic mass is 32.2. The van der Waals surface area contributed by atoms with Gasteiger partial charge < -0.3 is 9.47 Å². The summed E-state index contributed by atoms with van der Waals surface area (Å²) in [4.78, 5) is 3.71. The van der Waals surface area contributed by atoms with Gasteiger partial charge in [-0.3, -0.25) is 4.98 Å². The van der Waals surface area contributed by atoms with Crippen molar-refractivity contribution in [3.8, 4) is 11.5 Å². The van der Waals surface area contributed by atoms with Gasteiger partial charge in [-0.15, -0.1) is 0 Å². The molecule has 1 heterocycles. The first-order valence-electron chi connectivity index (χ1n) is 9.72. The number of nitrogens with zero attached hydrogens (tertiary/aromatic N) is 1. The van der Waals surface area contributed by atoms with Gasteiger partial charge >= 0.3 is 0 Å². The average Bonchev–Trinajstić information content (AvgIpc) is 2.80. The van der Waals surface area contributed by atoms with Gasteiger partial charge in [-0.1, -0.05) is 6.07 Å². The van der Waals surface area contributed by atoms with Crippen LogP contribution in [0.4, 0.5) is 4.39 Å². The van der Waals surface area contributed by atoms with Crippen LogP contribution in [0.25, 0.3) is 0 Å². The SMILES string of the molecule is COc1ccc(S(=O)(=O)NCC(c2cccnc2)S(=O)(=O)c2ccc(F)c(C)c2)cc1OC. The van der Waals surface area contributed by atoms with Gasteiger partial charge in [0, 0.05) is 25.0 Å². The molecule has 0 fully saturated rings. The first-order valence-corrected chi connectivity index (χ1v) is 12.7. The Kier molecular flexibility index (Phi) is 7.35. The molecule has 0 aliphatic rings. The van der Waals surface area contributed by atoms with E-state index >= 15 is 0 Å². The van der Waals surface area contributed by atoms with Crippen LogP contribution in [0.15, 0.2) is 70.7 Å². The van der Waals surface area contributed by atoms with Crippen molar-refractivity contribution < 1.29 is 30.7 Å². The number of nitrogens with one attached hydrogen (secondary N) is 1. The van der Waals surface area contributed by atoms with E-state index in [2.05, 4.69) is 9.71 Å². The molecular formula is C22H23FN2O6S2. The third kappa shape index (κ3) is 5.32. The van der Waals surface area contributed by atoms with Crippen LogP contribution in [0.3, 0.4) is 0 Å². The Morgan fingerprint density at radius 2 is 1.67 bits per heavy atom. The van der Waals surface area contributed by atoms with Crippen molar-refractivity contribution in [1.82, 2.24) is 9.71 Å². The molecule has 0 aliphatic carbocycles. The molecule has 3 aromatic rings. The number of sulfonamides is 1. The number of aryl methyl sites for hydroxylation is 1. The molecule has 1 atom stereocenters. The average molecular weight is 495 g/mol. The molecule has 0 saturated carbocycles. The fraction of sp³-hybridized carbons (Fsp3) is 0.227. The first kappa shape index (κ1) is 24.6. The molecule has 2 aromatic carbocycles. The van der Waals surface area contributed by atoms with Crippen molar-refractivity contribution >= 4 is 19.9 Å². The third-order valence-electron chi connectivity index (χ3n) is 5.01. The van der Waals surface area contributed by atoms with E-state index in [1.54, 1.807) is 6.07 Å². The Labute approximate surface area is 192 Å². The summed E-state index contributed by atoms with van der Waals surface area (Å²) < 4.78 is 79.0. The van der Waals surface area contributed by atoms with E-state index in [-0.39, 0.29) is 26.7 Å². The van der Waals surface area contributed by atoms with Crippen molar-refractivity contribution in [3.05, 3.63) is 77.9 Å². The molecule has 8 nitrogen and oxygen atoms in total. The van der Waals surface area contributed by atoms with Gasteiger partial charge in [-0.2, -0.15) is 0 Å². The second kappa shape index (κ2) is 9.86. The molecule has 33 heavy (non-hydrogen) atoms. The summed E-state index contributed by atoms with van der Waals surface area (Å²) in [6, 6.07) is 10.6. The number of methoxy groups -OCH3 is 2. The van der Waals surface area contributed by atoms with Crippen LogP contribution >= 0.6 is 0 Å². The van der Waals surface area contributed by atoms with Crippen LogP contribution < -0.4 is 14.2 Å². The lowest BCUT2D eigenvalue weighted by Gasteiger charge is -2.19. The quantitative estimate of drug-likeness (QED) is 0.455. The molecule has 1 N–H and O–H groups in total. The molecule has 1 aromatic heterocycles. The van der Waals surface area contributed by atoms with Crippen LogP contribution in [0.1, 0.15) is 16.4 Å². The second-order valence-corrected chi connectivity index (χ2v) is 11.0. The largest absolute Gasteiger partial charge is 0.493 e. The highest BCUT2D eigenvalue weighted by Gasteiger charge is 2.31. The van der Waals surface area contributed by atoms with Gasteiger partial charge in [0.15, 0.2) is 21.3 Å². The van der Waals surface area contributed by atoms with Crippen LogP contribution in [0.5, 0.6) is 11.5 Å². The minimum Gasteiger partial charge on any atom is -0.493 e. The fourth-order valence-corrected chi connectivity index (χ4v) is 6.08. The van der Waals surface area contributed by atoms with Gasteiger partial charge in [0.25, 0.3) is 0 Å². The van der Waals surface area contributed by atoms with E-state index in [0.29, 0.717) is 5.75 Å². The number of hydrogen-bond donors (Lipinski definition) is 1. The third-order valence-corrected chi connectivity index (χ3v) is 8.53. The van der Waals surface area contributed by atoms with Crippen molar-refractivity contribution in [1.29, 1.82) is 0 Å². The van der Waals surface area contributed by atoms with Crippen LogP contribution in [0.2, 0.25) is 0 Å². The number of halogens is 1. The molecule has 0 aliphatic heterocycles. The number of rotatable bonds is 9. The lowest BCUT2D eigenvalue weighted by molar-refractivity contribution is 0.354. The van der Waals surface area contributed by atoms with Gasteiger partial charge in [-0.05, 0) is 54.4 Å². The van der Waals surface area contributed by atoms with Crippen molar-refractivity contribution in [3.63, 3.8) is 0 Å². The van der Waals surface area contributed by atoms with Crippen molar-refractivity contribution in [2.75, 3.05) is 20.8 Å². The van der Waals surface area contributed by atoms with Gasteiger partial charge in [0.1, 0.15) is 11.1 Å². The summed E-state index contributed by atoms with van der Waals surface area (Å²) in [5, 5.41) is -1.30. The Bertz CT molecular complexity index is 1350. The minimum absolute atomic E-state index is 0.124. The highest BCUT2D eigenvalue weighted by molar-refractivity contribution is 7.92. The summed E-state index contributed by atoms with van der Waals surface area (Å²) in [5.74, 6) is 0.0126. The molecule has 0 saturated heterocycles. The molecule has 0 amide bonds. The number of pyridine rings is 1. The zero-order chi connectivity index (χ0) is 24.2. The fourth-order valence-electron chi connectivity index (χ4n) is 3.18. The molecule has 11 heteroatoms. The van der Waals surface area contributed by atoms with E-state index in [9.17, 15) is 21.2 Å². The molecule has 0 bridgehead atoms. The number of hydrogen-bond acceptors (Lipinski definition) is 7. The summed E-state index contributed by atoms with van der Waals surface area (Å²) in [7, 11) is -5.41. The van der Waals surface area contributed by atoms with E-state index in [4.69, 9.17) is 9.47 Å². The monoisotopic (exact) mass is 494 g/mol. The molecule has 176 valence electrons. The van der Waals surface area contributed by atoms with Crippen LogP contribution in [-0.2, 0) is 19.9 Å². The summed E-state index contributed by atoms with van der Waals surface area (Å²) in [6.45, 7) is 0.980. The Hall–Kier alpha value is -3.02. The molecule has 3 rings (SSSR count). The number of benzene rings is 2. The topological polar surface area (TPSA) is 112 Å². The van der Waals surface area contributed by atoms with E-state index in [0.717, 1.165) is 12.1 Å². The van der Waals surface area contributed by atoms with Crippen LogP contribution in [0, 0.1) is 12.7 Å². The summed E-state index contributed by atoms with van der Waals surface area (Å²) >= 11 is 0. The Balaban J connectivity index is 1.97. The Morgan fingerprint density at radius 1 is 0.970 bits per heavy atom. The number of ether oxygens (including phenoxy) is 2. The minimum atomic E-state index is -4.11. The normalized spacial score (nSPS) is 12.8. The summed E-state index contributed by atoms with van der Waals surface area (Å²) in [6.07, 6.45) is 2.83. The van der Waals surface area contributed by atoms with Crippen LogP contribution in [-0.4, -0.2) is 42.6 Å². The lowest BCUT2D eigenvalue weighted by atomic mass is 10.2. The molecular weight excluding hydrogens is 471 g/mol. The second-order valence-electron chi connectivity index (χ2n) is 7.10. The molecule has 0 spiro atoms. The van der Waals surface area contributed by atoms with E-state index in [1.165, 1.54) is 63.9 Å². The van der Waals surface area contributed by atoms with Gasteiger partial charge in [-0.25, -0.2) is 25.9 Å². The van der Waals surface area contributed by atoms with Crippen molar-refractivity contribution in [2.45, 2.75) is 22.0 Å². The van der Waals surface area contributed by atoms with Crippen molar-refractivity contribution in [2.24, 2.45) is 0 Å². The maximum absolute atomic E-state index is 13.7. The smallest absolute Gasteiger partial charge is 0.240 e. The summed E-state index contributed by atoms with van der Waals surface area (Å²) in [5.41, 5.74) is 0.446. The number of aromatic nitrogens is 1. The number of sulfone groups is 1. The highest BCUT2D eigenvalue weighted by Crippen LogP contribution is 2.31. The maximum atomic E-state index is 13.7. The van der Waals surface area contributed by atoms with E-state index in [1.807, 2.05) is 0 Å². The molecule has 0 radical (unpaired) electrons.